The molecule has 5 heterocycles. The van der Waals surface area contributed by atoms with Gasteiger partial charge in [-0.3, -0.25) is 14.4 Å². The molecule has 4 N–H and O–H groups in total. The van der Waals surface area contributed by atoms with Crippen LogP contribution in [0.25, 0.3) is 5.65 Å². The molecule has 2 amide bonds. The fourth-order valence-corrected chi connectivity index (χ4v) is 7.42. The number of carbonyl (C=O) groups is 3. The summed E-state index contributed by atoms with van der Waals surface area (Å²) in [6.07, 6.45) is 0. The third kappa shape index (κ3) is 5.42. The number of carboxylic acids is 1. The topological polar surface area (TPSA) is 216 Å². The van der Waals surface area contributed by atoms with E-state index in [2.05, 4.69) is 40.5 Å². The minimum absolute atomic E-state index is 0.0316. The van der Waals surface area contributed by atoms with E-state index in [9.17, 15) is 19.5 Å². The molecule has 4 aromatic rings. The Hall–Kier alpha value is -4.07. The van der Waals surface area contributed by atoms with Crippen LogP contribution in [0.15, 0.2) is 46.6 Å². The summed E-state index contributed by atoms with van der Waals surface area (Å²) >= 11 is 9.27. The highest BCUT2D eigenvalue weighted by Crippen LogP contribution is 2.44. The minimum Gasteiger partial charge on any atom is -0.481 e. The van der Waals surface area contributed by atoms with Gasteiger partial charge in [-0.05, 0) is 46.8 Å². The normalized spacial score (nSPS) is 22.0. The number of anilines is 1. The number of rotatable bonds is 9. The minimum atomic E-state index is -1.24. The number of fused-ring (bicyclic) bond motifs is 2. The van der Waals surface area contributed by atoms with E-state index >= 15 is 0 Å². The quantitative estimate of drug-likeness (QED) is 0.0984. The number of halogens is 1. The van der Waals surface area contributed by atoms with Crippen LogP contribution in [0.4, 0.5) is 5.13 Å². The smallest absolute Gasteiger partial charge is 0.313 e. The number of hydrogen-bond donors (Lipinski definition) is 3. The highest BCUT2D eigenvalue weighted by atomic mass is 35.5. The van der Waals surface area contributed by atoms with Gasteiger partial charge in [-0.15, -0.1) is 38.4 Å². The number of nitrogens with one attached hydrogen (secondary N) is 1. The Morgan fingerprint density at radius 3 is 2.83 bits per heavy atom. The zero-order chi connectivity index (χ0) is 29.4. The summed E-state index contributed by atoms with van der Waals surface area (Å²) in [5.74, 6) is -1.63. The molecule has 42 heavy (non-hydrogen) atoms. The van der Waals surface area contributed by atoms with Gasteiger partial charge in [0.1, 0.15) is 21.9 Å². The molecule has 216 valence electrons. The molecule has 1 aromatic carbocycles. The van der Waals surface area contributed by atoms with E-state index in [4.69, 9.17) is 22.2 Å². The number of hydrogen-bond acceptors (Lipinski definition) is 15. The van der Waals surface area contributed by atoms with Crippen LogP contribution in [-0.4, -0.2) is 97.6 Å². The molecule has 2 saturated heterocycles. The standard InChI is InChI=1S/C22H18ClN11O5S3/c23-10-1-3-11(4-2-10)39-29-14(16-26-21(24)42-30-16)17(35)25-15-18(36)33-7-22(20(37)38,9-41-19(15)33)8-40-13-6-5-12-27-31-32-34(12)28-13/h1-6,15,19H,7-9H2,(H,25,35)(H,37,38)(H2,24,26,30)/t15?,19-,22?/m1/s1. The highest BCUT2D eigenvalue weighted by Gasteiger charge is 2.57. The number of benzene rings is 1. The first-order valence-corrected chi connectivity index (χ1v) is 15.2. The van der Waals surface area contributed by atoms with Crippen molar-refractivity contribution in [3.63, 3.8) is 0 Å². The third-order valence-corrected chi connectivity index (χ3v) is 9.94. The van der Waals surface area contributed by atoms with E-state index in [1.54, 1.807) is 36.4 Å². The Morgan fingerprint density at radius 2 is 2.10 bits per heavy atom. The van der Waals surface area contributed by atoms with E-state index in [0.29, 0.717) is 21.4 Å². The Labute approximate surface area is 253 Å². The molecular formula is C22H18ClN11O5S3. The van der Waals surface area contributed by atoms with E-state index in [0.717, 1.165) is 11.5 Å². The van der Waals surface area contributed by atoms with Gasteiger partial charge in [-0.1, -0.05) is 16.8 Å². The van der Waals surface area contributed by atoms with Crippen LogP contribution < -0.4 is 15.9 Å². The number of tetrazole rings is 1. The molecule has 3 atom stereocenters. The number of aliphatic carboxylic acids is 1. The van der Waals surface area contributed by atoms with Crippen LogP contribution >= 0.6 is 46.7 Å². The first-order valence-electron chi connectivity index (χ1n) is 12.0. The Kier molecular flexibility index (Phi) is 7.56. The van der Waals surface area contributed by atoms with Crippen molar-refractivity contribution in [3.05, 3.63) is 47.2 Å². The Bertz CT molecular complexity index is 1720. The predicted octanol–water partition coefficient (Wildman–Crippen LogP) is 0.653. The van der Waals surface area contributed by atoms with Crippen molar-refractivity contribution in [2.75, 3.05) is 23.8 Å². The number of nitrogens with two attached hydrogens (primary N) is 1. The first kappa shape index (κ1) is 28.1. The van der Waals surface area contributed by atoms with Crippen molar-refractivity contribution >= 4 is 80.9 Å². The first-order chi connectivity index (χ1) is 20.2. The van der Waals surface area contributed by atoms with Crippen molar-refractivity contribution < 1.29 is 24.3 Å². The van der Waals surface area contributed by atoms with Gasteiger partial charge < -0.3 is 25.9 Å². The zero-order valence-electron chi connectivity index (χ0n) is 21.0. The van der Waals surface area contributed by atoms with Gasteiger partial charge in [0.05, 0.1) is 0 Å². The Balaban J connectivity index is 1.13. The van der Waals surface area contributed by atoms with E-state index in [1.807, 2.05) is 0 Å². The number of amides is 2. The van der Waals surface area contributed by atoms with Crippen molar-refractivity contribution in [1.29, 1.82) is 0 Å². The fraction of sp³-hybridized carbons (Fsp3) is 0.273. The molecule has 20 heteroatoms. The maximum Gasteiger partial charge on any atom is 0.313 e. The number of carbonyl (C=O) groups excluding carboxylic acids is 2. The maximum absolute atomic E-state index is 13.3. The van der Waals surface area contributed by atoms with Gasteiger partial charge >= 0.3 is 5.97 Å². The van der Waals surface area contributed by atoms with Crippen LogP contribution in [0.1, 0.15) is 5.82 Å². The second-order valence-electron chi connectivity index (χ2n) is 9.13. The lowest BCUT2D eigenvalue weighted by Crippen LogP contribution is -2.74. The molecular weight excluding hydrogens is 630 g/mol. The molecule has 0 aliphatic carbocycles. The summed E-state index contributed by atoms with van der Waals surface area (Å²) < 4.78 is 5.29. The molecule has 0 bridgehead atoms. The summed E-state index contributed by atoms with van der Waals surface area (Å²) in [6, 6.07) is 8.76. The Morgan fingerprint density at radius 1 is 1.29 bits per heavy atom. The molecule has 0 radical (unpaired) electrons. The van der Waals surface area contributed by atoms with Crippen LogP contribution in [0.3, 0.4) is 0 Å². The molecule has 3 aromatic heterocycles. The number of oxime groups is 1. The van der Waals surface area contributed by atoms with Gasteiger partial charge in [0, 0.05) is 34.6 Å². The molecule has 0 saturated carbocycles. The van der Waals surface area contributed by atoms with Crippen molar-refractivity contribution in [3.8, 4) is 5.75 Å². The molecule has 2 unspecified atom stereocenters. The summed E-state index contributed by atoms with van der Waals surface area (Å²) in [4.78, 5) is 49.7. The number of aromatic nitrogens is 7. The van der Waals surface area contributed by atoms with Crippen LogP contribution in [0.5, 0.6) is 5.75 Å². The highest BCUT2D eigenvalue weighted by molar-refractivity contribution is 8.00. The lowest BCUT2D eigenvalue weighted by atomic mass is 9.89. The van der Waals surface area contributed by atoms with E-state index < -0.39 is 34.6 Å². The number of thioether (sulfide) groups is 2. The zero-order valence-corrected chi connectivity index (χ0v) is 24.2. The summed E-state index contributed by atoms with van der Waals surface area (Å²) in [5.41, 5.74) is 4.63. The summed E-state index contributed by atoms with van der Waals surface area (Å²) in [5, 5.41) is 32.8. The van der Waals surface area contributed by atoms with Crippen LogP contribution in [0.2, 0.25) is 5.02 Å². The molecule has 0 spiro atoms. The molecule has 2 aliphatic heterocycles. The van der Waals surface area contributed by atoms with Crippen molar-refractivity contribution in [1.82, 2.24) is 44.8 Å². The maximum atomic E-state index is 13.3. The van der Waals surface area contributed by atoms with E-state index in [-0.39, 0.29) is 34.7 Å². The lowest BCUT2D eigenvalue weighted by molar-refractivity contribution is -0.157. The predicted molar refractivity (Wildman–Crippen MR) is 152 cm³/mol. The van der Waals surface area contributed by atoms with Gasteiger partial charge in [-0.25, -0.2) is 0 Å². The summed E-state index contributed by atoms with van der Waals surface area (Å²) in [7, 11) is 0. The van der Waals surface area contributed by atoms with Crippen molar-refractivity contribution in [2.45, 2.75) is 16.4 Å². The largest absolute Gasteiger partial charge is 0.481 e. The fourth-order valence-electron chi connectivity index (χ4n) is 4.15. The average molecular weight is 648 g/mol. The van der Waals surface area contributed by atoms with Gasteiger partial charge in [-0.2, -0.15) is 9.36 Å². The second-order valence-corrected chi connectivity index (χ2v) is 12.5. The molecule has 2 aliphatic rings. The third-order valence-electron chi connectivity index (χ3n) is 6.35. The van der Waals surface area contributed by atoms with Crippen LogP contribution in [0, 0.1) is 5.41 Å². The van der Waals surface area contributed by atoms with Crippen LogP contribution in [-0.2, 0) is 14.4 Å². The number of nitrogens with zero attached hydrogens (tertiary/aromatic N) is 9. The number of carboxylic acid groups (broad SMARTS) is 1. The number of β-lactam (4-membered cyclic amide) rings is 1. The monoisotopic (exact) mass is 647 g/mol. The molecule has 6 rings (SSSR count). The second kappa shape index (κ2) is 11.3. The van der Waals surface area contributed by atoms with Gasteiger partial charge in [0.2, 0.25) is 17.4 Å². The van der Waals surface area contributed by atoms with E-state index in [1.165, 1.54) is 33.1 Å². The molecule has 16 nitrogen and oxygen atoms in total. The average Bonchev–Trinajstić information content (AvgIpc) is 3.64. The number of nitrogen functional groups attached to an aromatic ring is 1. The molecule has 2 fully saturated rings. The van der Waals surface area contributed by atoms with Gasteiger partial charge in [0.15, 0.2) is 16.5 Å². The van der Waals surface area contributed by atoms with Crippen molar-refractivity contribution in [2.24, 2.45) is 10.6 Å². The van der Waals surface area contributed by atoms with Gasteiger partial charge in [0.25, 0.3) is 5.91 Å². The lowest BCUT2D eigenvalue weighted by Gasteiger charge is -2.53. The summed E-state index contributed by atoms with van der Waals surface area (Å²) in [6.45, 7) is -0.0316. The SMILES string of the molecule is Nc1nc(C(=NOc2ccc(Cl)cc2)C(=O)NC2C(=O)N3CC(CSc4ccc5nnnn5n4)(C(=O)O)CS[C@H]23)ns1.